The Morgan fingerprint density at radius 3 is 2.58 bits per heavy atom. The summed E-state index contributed by atoms with van der Waals surface area (Å²) in [4.78, 5) is 18.3. The number of halogens is 1. The third-order valence-corrected chi connectivity index (χ3v) is 6.29. The highest BCUT2D eigenvalue weighted by Gasteiger charge is 2.12. The minimum Gasteiger partial charge on any atom is -0.497 e. The number of para-hydroxylation sites is 2. The first-order valence-electron chi connectivity index (χ1n) is 10.2. The molecule has 8 heteroatoms. The number of thiazole rings is 1. The molecule has 2 aromatic heterocycles. The molecule has 0 bridgehead atoms. The van der Waals surface area contributed by atoms with E-state index in [1.165, 1.54) is 11.3 Å². The zero-order valence-corrected chi connectivity index (χ0v) is 19.2. The molecule has 2 heterocycles. The number of imidazole rings is 1. The summed E-state index contributed by atoms with van der Waals surface area (Å²) in [5.74, 6) is 2.02. The lowest BCUT2D eigenvalue weighted by Gasteiger charge is -2.11. The zero-order chi connectivity index (χ0) is 22.8. The van der Waals surface area contributed by atoms with Crippen molar-refractivity contribution < 1.29 is 14.2 Å². The lowest BCUT2D eigenvalue weighted by Crippen LogP contribution is -2.22. The normalized spacial score (nSPS) is 11.9. The molecule has 166 valence electrons. The molecule has 0 atom stereocenters. The van der Waals surface area contributed by atoms with Crippen LogP contribution in [0.25, 0.3) is 22.1 Å². The maximum absolute atomic E-state index is 13.1. The number of hydrogen-bond donors (Lipinski definition) is 0. The molecule has 0 aliphatic rings. The van der Waals surface area contributed by atoms with Crippen molar-refractivity contribution in [3.05, 3.63) is 92.2 Å². The van der Waals surface area contributed by atoms with Crippen molar-refractivity contribution in [1.29, 1.82) is 0 Å². The third kappa shape index (κ3) is 4.37. The third-order valence-electron chi connectivity index (χ3n) is 5.07. The van der Waals surface area contributed by atoms with Gasteiger partial charge in [0.05, 0.1) is 22.7 Å². The van der Waals surface area contributed by atoms with Gasteiger partial charge in [-0.1, -0.05) is 35.1 Å². The van der Waals surface area contributed by atoms with E-state index in [1.54, 1.807) is 23.6 Å². The predicted molar refractivity (Wildman–Crippen MR) is 131 cm³/mol. The summed E-state index contributed by atoms with van der Waals surface area (Å²) in [7, 11) is 1.60. The molecule has 0 aliphatic heterocycles. The van der Waals surface area contributed by atoms with Crippen molar-refractivity contribution in [3.63, 3.8) is 0 Å². The van der Waals surface area contributed by atoms with Gasteiger partial charge < -0.3 is 14.2 Å². The number of benzene rings is 3. The molecule has 6 nitrogen and oxygen atoms in total. The van der Waals surface area contributed by atoms with Gasteiger partial charge in [-0.25, -0.2) is 9.38 Å². The predicted octanol–water partition coefficient (Wildman–Crippen LogP) is 4.58. The second kappa shape index (κ2) is 9.13. The quantitative estimate of drug-likeness (QED) is 0.320. The largest absolute Gasteiger partial charge is 0.497 e. The summed E-state index contributed by atoms with van der Waals surface area (Å²) >= 11 is 7.24. The van der Waals surface area contributed by atoms with Crippen molar-refractivity contribution in [2.45, 2.75) is 0 Å². The van der Waals surface area contributed by atoms with Gasteiger partial charge in [0.15, 0.2) is 4.96 Å². The van der Waals surface area contributed by atoms with E-state index in [0.29, 0.717) is 39.2 Å². The molecule has 3 aromatic carbocycles. The van der Waals surface area contributed by atoms with Gasteiger partial charge in [-0.05, 0) is 60.7 Å². The Bertz CT molecular complexity index is 1540. The van der Waals surface area contributed by atoms with Crippen LogP contribution in [-0.2, 0) is 0 Å². The van der Waals surface area contributed by atoms with Gasteiger partial charge in [-0.15, -0.1) is 0 Å². The van der Waals surface area contributed by atoms with E-state index < -0.39 is 0 Å². The van der Waals surface area contributed by atoms with Gasteiger partial charge in [-0.3, -0.25) is 4.79 Å². The Morgan fingerprint density at radius 2 is 1.76 bits per heavy atom. The van der Waals surface area contributed by atoms with Crippen LogP contribution in [-0.4, -0.2) is 29.7 Å². The van der Waals surface area contributed by atoms with Crippen molar-refractivity contribution in [2.75, 3.05) is 20.3 Å². The van der Waals surface area contributed by atoms with E-state index >= 15 is 0 Å². The Morgan fingerprint density at radius 1 is 1.00 bits per heavy atom. The lowest BCUT2D eigenvalue weighted by atomic mass is 10.2. The number of hydrogen-bond acceptors (Lipinski definition) is 6. The maximum atomic E-state index is 13.1. The number of ether oxygens (including phenoxy) is 3. The van der Waals surface area contributed by atoms with Crippen LogP contribution >= 0.6 is 22.9 Å². The average Bonchev–Trinajstić information content (AvgIpc) is 3.34. The monoisotopic (exact) mass is 478 g/mol. The molecule has 5 aromatic rings. The Hall–Kier alpha value is -3.55. The van der Waals surface area contributed by atoms with Gasteiger partial charge in [-0.2, -0.15) is 0 Å². The zero-order valence-electron chi connectivity index (χ0n) is 17.7. The lowest BCUT2D eigenvalue weighted by molar-refractivity contribution is 0.216. The first-order chi connectivity index (χ1) is 16.1. The van der Waals surface area contributed by atoms with Crippen molar-refractivity contribution in [1.82, 2.24) is 9.38 Å². The summed E-state index contributed by atoms with van der Waals surface area (Å²) in [5, 5.41) is 0.656. The topological polar surface area (TPSA) is 62.1 Å². The summed E-state index contributed by atoms with van der Waals surface area (Å²) < 4.78 is 19.2. The SMILES string of the molecule is COc1ccc(OCCOc2ccc(Cl)cc2)c(/C=c2\sc3nc4ccccc4n3c2=O)c1. The van der Waals surface area contributed by atoms with Crippen LogP contribution in [0, 0.1) is 0 Å². The Labute approximate surface area is 198 Å². The number of nitrogens with zero attached hydrogens (tertiary/aromatic N) is 2. The van der Waals surface area contributed by atoms with Crippen LogP contribution in [0.4, 0.5) is 0 Å². The molecular weight excluding hydrogens is 460 g/mol. The Kier molecular flexibility index (Phi) is 5.90. The second-order valence-corrected chi connectivity index (χ2v) is 8.63. The van der Waals surface area contributed by atoms with Gasteiger partial charge >= 0.3 is 0 Å². The fourth-order valence-corrected chi connectivity index (χ4v) is 4.60. The summed E-state index contributed by atoms with van der Waals surface area (Å²) in [5.41, 5.74) is 2.24. The molecule has 0 amide bonds. The van der Waals surface area contributed by atoms with E-state index in [-0.39, 0.29) is 5.56 Å². The molecule has 0 saturated heterocycles. The highest BCUT2D eigenvalue weighted by Crippen LogP contribution is 2.25. The summed E-state index contributed by atoms with van der Waals surface area (Å²) in [6, 6.07) is 20.3. The van der Waals surface area contributed by atoms with Crippen LogP contribution in [0.1, 0.15) is 5.56 Å². The van der Waals surface area contributed by atoms with E-state index in [1.807, 2.05) is 60.7 Å². The van der Waals surface area contributed by atoms with Crippen LogP contribution in [0.15, 0.2) is 71.5 Å². The smallest absolute Gasteiger partial charge is 0.274 e. The van der Waals surface area contributed by atoms with Crippen molar-refractivity contribution in [2.24, 2.45) is 0 Å². The fraction of sp³-hybridized carbons (Fsp3) is 0.120. The van der Waals surface area contributed by atoms with Gasteiger partial charge in [0, 0.05) is 10.6 Å². The van der Waals surface area contributed by atoms with Crippen LogP contribution in [0.5, 0.6) is 17.2 Å². The molecule has 33 heavy (non-hydrogen) atoms. The van der Waals surface area contributed by atoms with Gasteiger partial charge in [0.25, 0.3) is 5.56 Å². The van der Waals surface area contributed by atoms with Crippen molar-refractivity contribution in [3.8, 4) is 17.2 Å². The highest BCUT2D eigenvalue weighted by atomic mass is 35.5. The summed E-state index contributed by atoms with van der Waals surface area (Å²) in [6.45, 7) is 0.692. The van der Waals surface area contributed by atoms with Crippen LogP contribution in [0.3, 0.4) is 0 Å². The van der Waals surface area contributed by atoms with Gasteiger partial charge in [0.1, 0.15) is 30.5 Å². The molecule has 0 spiro atoms. The number of methoxy groups -OCH3 is 1. The van der Waals surface area contributed by atoms with Crippen LogP contribution < -0.4 is 24.3 Å². The van der Waals surface area contributed by atoms with E-state index in [9.17, 15) is 4.79 Å². The minimum atomic E-state index is -0.108. The fourth-order valence-electron chi connectivity index (χ4n) is 3.49. The number of aromatic nitrogens is 2. The molecule has 5 rings (SSSR count). The number of fused-ring (bicyclic) bond motifs is 3. The Balaban J connectivity index is 1.42. The molecule has 0 saturated carbocycles. The molecule has 0 unspecified atom stereocenters. The van der Waals surface area contributed by atoms with E-state index in [0.717, 1.165) is 22.3 Å². The molecule has 0 aliphatic carbocycles. The van der Waals surface area contributed by atoms with Gasteiger partial charge in [0.2, 0.25) is 0 Å². The van der Waals surface area contributed by atoms with Crippen LogP contribution in [0.2, 0.25) is 5.02 Å². The first kappa shape index (κ1) is 21.3. The molecule has 0 N–H and O–H groups in total. The van der Waals surface area contributed by atoms with E-state index in [4.69, 9.17) is 25.8 Å². The standard InChI is InChI=1S/C25H19ClN2O4S/c1-30-19-10-11-22(32-13-12-31-18-8-6-17(26)7-9-18)16(14-19)15-23-24(29)28-21-5-3-2-4-20(21)27-25(28)33-23/h2-11,14-15H,12-13H2,1H3/b23-15-. The summed E-state index contributed by atoms with van der Waals surface area (Å²) in [6.07, 6.45) is 1.81. The molecule has 0 fully saturated rings. The van der Waals surface area contributed by atoms with E-state index in [2.05, 4.69) is 4.98 Å². The number of rotatable bonds is 7. The molecule has 0 radical (unpaired) electrons. The second-order valence-electron chi connectivity index (χ2n) is 7.19. The first-order valence-corrected chi connectivity index (χ1v) is 11.4. The van der Waals surface area contributed by atoms with Crippen molar-refractivity contribution >= 4 is 45.0 Å². The maximum Gasteiger partial charge on any atom is 0.274 e. The highest BCUT2D eigenvalue weighted by molar-refractivity contribution is 7.15. The minimum absolute atomic E-state index is 0.108. The average molecular weight is 479 g/mol. The molecular formula is C25H19ClN2O4S.